The Balaban J connectivity index is 2.06. The Morgan fingerprint density at radius 2 is 1.89 bits per heavy atom. The zero-order valence-electron chi connectivity index (χ0n) is 9.90. The van der Waals surface area contributed by atoms with E-state index in [1.54, 1.807) is 36.4 Å². The van der Waals surface area contributed by atoms with Crippen molar-refractivity contribution in [2.75, 3.05) is 0 Å². The van der Waals surface area contributed by atoms with E-state index >= 15 is 0 Å². The Hall–Kier alpha value is -1.65. The summed E-state index contributed by atoms with van der Waals surface area (Å²) in [6.45, 7) is 0.197. The molecule has 0 unspecified atom stereocenters. The molecular weight excluding hydrogens is 285 g/mol. The van der Waals surface area contributed by atoms with E-state index in [-0.39, 0.29) is 11.6 Å². The molecule has 0 radical (unpaired) electrons. The van der Waals surface area contributed by atoms with E-state index in [2.05, 4.69) is 0 Å². The van der Waals surface area contributed by atoms with Crippen molar-refractivity contribution in [3.05, 3.63) is 64.4 Å². The van der Waals surface area contributed by atoms with Crippen LogP contribution in [-0.2, 0) is 6.61 Å². The van der Waals surface area contributed by atoms with E-state index in [0.717, 1.165) is 5.56 Å². The maximum atomic E-state index is 13.2. The molecule has 0 saturated heterocycles. The third-order valence-electron chi connectivity index (χ3n) is 2.56. The second-order valence-electron chi connectivity index (χ2n) is 3.89. The molecular formula is C14H11ClFNOS. The zero-order chi connectivity index (χ0) is 13.8. The molecule has 0 aliphatic carbocycles. The van der Waals surface area contributed by atoms with E-state index in [4.69, 9.17) is 34.3 Å². The first-order valence-electron chi connectivity index (χ1n) is 5.53. The van der Waals surface area contributed by atoms with Crippen LogP contribution in [0.4, 0.5) is 4.39 Å². The van der Waals surface area contributed by atoms with Crippen molar-refractivity contribution in [2.24, 2.45) is 5.73 Å². The Bertz CT molecular complexity index is 601. The molecule has 2 aromatic rings. The van der Waals surface area contributed by atoms with Crippen molar-refractivity contribution < 1.29 is 9.13 Å². The van der Waals surface area contributed by atoms with Crippen LogP contribution in [0.3, 0.4) is 0 Å². The molecule has 0 amide bonds. The lowest BCUT2D eigenvalue weighted by molar-refractivity contribution is 0.305. The van der Waals surface area contributed by atoms with E-state index in [9.17, 15) is 4.39 Å². The van der Waals surface area contributed by atoms with Gasteiger partial charge < -0.3 is 10.5 Å². The summed E-state index contributed by atoms with van der Waals surface area (Å²) in [4.78, 5) is 0.333. The van der Waals surface area contributed by atoms with Crippen LogP contribution in [0, 0.1) is 5.82 Å². The molecule has 0 heterocycles. The van der Waals surface area contributed by atoms with Crippen LogP contribution in [0.5, 0.6) is 5.75 Å². The summed E-state index contributed by atoms with van der Waals surface area (Å²) in [7, 11) is 0. The normalized spacial score (nSPS) is 10.2. The monoisotopic (exact) mass is 295 g/mol. The molecule has 0 spiro atoms. The summed E-state index contributed by atoms with van der Waals surface area (Å²) in [6.07, 6.45) is 0. The molecule has 2 rings (SSSR count). The van der Waals surface area contributed by atoms with Gasteiger partial charge >= 0.3 is 0 Å². The van der Waals surface area contributed by atoms with E-state index in [0.29, 0.717) is 16.3 Å². The molecule has 0 fully saturated rings. The lowest BCUT2D eigenvalue weighted by Crippen LogP contribution is -2.08. The van der Waals surface area contributed by atoms with Gasteiger partial charge in [-0.2, -0.15) is 0 Å². The van der Waals surface area contributed by atoms with E-state index in [1.807, 2.05) is 0 Å². The summed E-state index contributed by atoms with van der Waals surface area (Å²) < 4.78 is 18.8. The summed E-state index contributed by atoms with van der Waals surface area (Å²) in [5.74, 6) is 0.187. The molecule has 0 bridgehead atoms. The number of benzene rings is 2. The average Bonchev–Trinajstić information content (AvgIpc) is 2.41. The highest BCUT2D eigenvalue weighted by Crippen LogP contribution is 2.21. The standard InChI is InChI=1S/C14H11ClFNOS/c15-13-10(2-1-3-12(13)16)8-18-11-6-4-9(5-7-11)14(17)19/h1-7H,8H2,(H2,17,19). The molecule has 2 nitrogen and oxygen atoms in total. The topological polar surface area (TPSA) is 35.2 Å². The van der Waals surface area contributed by atoms with Gasteiger partial charge in [0.25, 0.3) is 0 Å². The van der Waals surface area contributed by atoms with Crippen molar-refractivity contribution >= 4 is 28.8 Å². The Labute approximate surface area is 120 Å². The van der Waals surface area contributed by atoms with Gasteiger partial charge in [0.15, 0.2) is 0 Å². The van der Waals surface area contributed by atoms with Crippen molar-refractivity contribution in [3.8, 4) is 5.75 Å². The number of halogens is 2. The fourth-order valence-electron chi connectivity index (χ4n) is 1.54. The number of thiocarbonyl (C=S) groups is 1. The Kier molecular flexibility index (Phi) is 4.35. The van der Waals surface area contributed by atoms with E-state index in [1.165, 1.54) is 6.07 Å². The van der Waals surface area contributed by atoms with Gasteiger partial charge in [0, 0.05) is 11.1 Å². The van der Waals surface area contributed by atoms with Crippen LogP contribution < -0.4 is 10.5 Å². The van der Waals surface area contributed by atoms with Crippen molar-refractivity contribution in [2.45, 2.75) is 6.61 Å². The molecule has 19 heavy (non-hydrogen) atoms. The molecule has 2 N–H and O–H groups in total. The largest absolute Gasteiger partial charge is 0.489 e. The second-order valence-corrected chi connectivity index (χ2v) is 4.71. The van der Waals surface area contributed by atoms with Gasteiger partial charge in [-0.1, -0.05) is 36.0 Å². The van der Waals surface area contributed by atoms with Crippen molar-refractivity contribution in [1.82, 2.24) is 0 Å². The minimum atomic E-state index is -0.452. The molecule has 0 aliphatic rings. The first-order chi connectivity index (χ1) is 9.08. The Morgan fingerprint density at radius 1 is 1.21 bits per heavy atom. The lowest BCUT2D eigenvalue weighted by Gasteiger charge is -2.08. The lowest BCUT2D eigenvalue weighted by atomic mass is 10.2. The minimum absolute atomic E-state index is 0.0854. The molecule has 98 valence electrons. The second kappa shape index (κ2) is 5.99. The molecule has 2 aromatic carbocycles. The zero-order valence-corrected chi connectivity index (χ0v) is 11.5. The van der Waals surface area contributed by atoms with Crippen LogP contribution >= 0.6 is 23.8 Å². The molecule has 0 aromatic heterocycles. The van der Waals surface area contributed by atoms with Crippen molar-refractivity contribution in [1.29, 1.82) is 0 Å². The van der Waals surface area contributed by atoms with Gasteiger partial charge in [-0.15, -0.1) is 0 Å². The predicted molar refractivity (Wildman–Crippen MR) is 78.1 cm³/mol. The number of hydrogen-bond donors (Lipinski definition) is 1. The summed E-state index contributed by atoms with van der Waals surface area (Å²) >= 11 is 10.7. The number of nitrogens with two attached hydrogens (primary N) is 1. The fourth-order valence-corrected chi connectivity index (χ4v) is 1.85. The third-order valence-corrected chi connectivity index (χ3v) is 3.22. The number of ether oxygens (including phenoxy) is 1. The molecule has 0 saturated carbocycles. The average molecular weight is 296 g/mol. The molecule has 0 aliphatic heterocycles. The van der Waals surface area contributed by atoms with Crippen LogP contribution in [0.15, 0.2) is 42.5 Å². The third kappa shape index (κ3) is 3.43. The minimum Gasteiger partial charge on any atom is -0.489 e. The van der Waals surface area contributed by atoms with Gasteiger partial charge in [0.2, 0.25) is 0 Å². The maximum Gasteiger partial charge on any atom is 0.142 e. The Morgan fingerprint density at radius 3 is 2.53 bits per heavy atom. The van der Waals surface area contributed by atoms with Gasteiger partial charge in [-0.25, -0.2) is 4.39 Å². The highest BCUT2D eigenvalue weighted by molar-refractivity contribution is 7.80. The van der Waals surface area contributed by atoms with Gasteiger partial charge in [0.05, 0.1) is 5.02 Å². The molecule has 0 atom stereocenters. The van der Waals surface area contributed by atoms with Gasteiger partial charge in [-0.05, 0) is 30.3 Å². The van der Waals surface area contributed by atoms with Crippen LogP contribution in [0.1, 0.15) is 11.1 Å². The number of hydrogen-bond acceptors (Lipinski definition) is 2. The maximum absolute atomic E-state index is 13.2. The fraction of sp³-hybridized carbons (Fsp3) is 0.0714. The quantitative estimate of drug-likeness (QED) is 0.874. The van der Waals surface area contributed by atoms with Gasteiger partial charge in [-0.3, -0.25) is 0 Å². The first kappa shape index (κ1) is 13.8. The highest BCUT2D eigenvalue weighted by atomic mass is 35.5. The van der Waals surface area contributed by atoms with E-state index < -0.39 is 5.82 Å². The van der Waals surface area contributed by atoms with Crippen molar-refractivity contribution in [3.63, 3.8) is 0 Å². The van der Waals surface area contributed by atoms with Crippen LogP contribution in [0.2, 0.25) is 5.02 Å². The SMILES string of the molecule is NC(=S)c1ccc(OCc2cccc(F)c2Cl)cc1. The predicted octanol–water partition coefficient (Wildman–Crippen LogP) is 3.69. The van der Waals surface area contributed by atoms with Crippen LogP contribution in [-0.4, -0.2) is 4.99 Å². The highest BCUT2D eigenvalue weighted by Gasteiger charge is 2.06. The summed E-state index contributed by atoms with van der Waals surface area (Å²) in [6, 6.07) is 11.7. The first-order valence-corrected chi connectivity index (χ1v) is 6.32. The summed E-state index contributed by atoms with van der Waals surface area (Å²) in [5.41, 5.74) is 6.86. The summed E-state index contributed by atoms with van der Waals surface area (Å²) in [5, 5.41) is 0.0854. The van der Waals surface area contributed by atoms with Gasteiger partial charge in [0.1, 0.15) is 23.2 Å². The van der Waals surface area contributed by atoms with Crippen LogP contribution in [0.25, 0.3) is 0 Å². The number of rotatable bonds is 4. The smallest absolute Gasteiger partial charge is 0.142 e. The molecule has 5 heteroatoms.